The van der Waals surface area contributed by atoms with Gasteiger partial charge in [0.1, 0.15) is 22.9 Å². The Morgan fingerprint density at radius 2 is 1.78 bits per heavy atom. The number of carbonyl (C=O) groups excluding carboxylic acids is 2. The van der Waals surface area contributed by atoms with E-state index in [1.54, 1.807) is 20.8 Å². The molecule has 2 aromatic rings. The first-order valence-corrected chi connectivity index (χ1v) is 9.66. The minimum atomic E-state index is -0.887. The lowest BCUT2D eigenvalue weighted by Crippen LogP contribution is -2.33. The first-order valence-electron chi connectivity index (χ1n) is 9.66. The topological polar surface area (TPSA) is 129 Å². The van der Waals surface area contributed by atoms with E-state index in [4.69, 9.17) is 14.2 Å². The Bertz CT molecular complexity index is 959. The maximum Gasteiger partial charge on any atom is 0.417 e. The zero-order chi connectivity index (χ0) is 23.7. The first kappa shape index (κ1) is 24.4. The van der Waals surface area contributed by atoms with Crippen LogP contribution in [0.1, 0.15) is 27.2 Å². The molecule has 2 rings (SSSR count). The van der Waals surface area contributed by atoms with Gasteiger partial charge in [-0.05, 0) is 51.5 Å². The van der Waals surface area contributed by atoms with Crippen LogP contribution in [0.2, 0.25) is 0 Å². The highest BCUT2D eigenvalue weighted by Crippen LogP contribution is 2.26. The molecule has 2 amide bonds. The molecule has 172 valence electrons. The predicted molar refractivity (Wildman–Crippen MR) is 113 cm³/mol. The number of carbonyl (C=O) groups is 2. The van der Waals surface area contributed by atoms with Crippen LogP contribution in [0.5, 0.6) is 11.5 Å². The average molecular weight is 449 g/mol. The summed E-state index contributed by atoms with van der Waals surface area (Å²) in [5, 5.41) is 15.7. The summed E-state index contributed by atoms with van der Waals surface area (Å²) in [6, 6.07) is 8.48. The quantitative estimate of drug-likeness (QED) is 0.341. The molecule has 0 bridgehead atoms. The van der Waals surface area contributed by atoms with Crippen molar-refractivity contribution < 1.29 is 33.1 Å². The van der Waals surface area contributed by atoms with Gasteiger partial charge in [0.15, 0.2) is 0 Å². The number of hydrogen-bond donors (Lipinski definition) is 2. The fourth-order valence-corrected chi connectivity index (χ4v) is 2.36. The Kier molecular flexibility index (Phi) is 8.33. The third kappa shape index (κ3) is 8.46. The molecule has 0 aliphatic carbocycles. The van der Waals surface area contributed by atoms with Gasteiger partial charge in [-0.15, -0.1) is 0 Å². The van der Waals surface area contributed by atoms with Crippen LogP contribution < -0.4 is 20.1 Å². The number of non-ortho nitro benzene ring substituents is 1. The molecule has 32 heavy (non-hydrogen) atoms. The maximum absolute atomic E-state index is 13.6. The van der Waals surface area contributed by atoms with Crippen LogP contribution in [0.4, 0.5) is 25.4 Å². The normalized spacial score (nSPS) is 10.8. The van der Waals surface area contributed by atoms with Crippen molar-refractivity contribution in [1.82, 2.24) is 5.32 Å². The zero-order valence-electron chi connectivity index (χ0n) is 17.8. The summed E-state index contributed by atoms with van der Waals surface area (Å²) in [5.41, 5.74) is -0.585. The second kappa shape index (κ2) is 10.9. The van der Waals surface area contributed by atoms with Gasteiger partial charge in [0.25, 0.3) is 5.69 Å². The van der Waals surface area contributed by atoms with Crippen molar-refractivity contribution in [3.8, 4) is 11.5 Å². The first-order chi connectivity index (χ1) is 15.0. The van der Waals surface area contributed by atoms with Crippen molar-refractivity contribution >= 4 is 23.6 Å². The summed E-state index contributed by atoms with van der Waals surface area (Å²) >= 11 is 0. The van der Waals surface area contributed by atoms with E-state index < -0.39 is 28.5 Å². The van der Waals surface area contributed by atoms with E-state index in [0.717, 1.165) is 12.1 Å². The molecule has 0 fully saturated rings. The number of nitro benzene ring substituents is 1. The molecule has 0 spiro atoms. The third-order valence-electron chi connectivity index (χ3n) is 3.69. The number of benzene rings is 2. The van der Waals surface area contributed by atoms with Crippen molar-refractivity contribution in [1.29, 1.82) is 0 Å². The second-order valence-electron chi connectivity index (χ2n) is 7.54. The third-order valence-corrected chi connectivity index (χ3v) is 3.69. The highest BCUT2D eigenvalue weighted by molar-refractivity contribution is 5.88. The zero-order valence-corrected chi connectivity index (χ0v) is 17.8. The van der Waals surface area contributed by atoms with E-state index in [1.165, 1.54) is 30.3 Å². The van der Waals surface area contributed by atoms with Crippen molar-refractivity contribution in [3.63, 3.8) is 0 Å². The number of halogens is 1. The minimum absolute atomic E-state index is 0.0721. The van der Waals surface area contributed by atoms with Crippen LogP contribution in [-0.2, 0) is 4.74 Å². The molecule has 10 nitrogen and oxygen atoms in total. The Morgan fingerprint density at radius 1 is 1.09 bits per heavy atom. The van der Waals surface area contributed by atoms with Gasteiger partial charge >= 0.3 is 12.2 Å². The number of alkyl carbamates (subject to hydrolysis) is 1. The van der Waals surface area contributed by atoms with Crippen LogP contribution in [0.15, 0.2) is 42.5 Å². The van der Waals surface area contributed by atoms with Gasteiger partial charge in [-0.2, -0.15) is 0 Å². The number of anilines is 1. The van der Waals surface area contributed by atoms with Crippen LogP contribution in [0, 0.1) is 15.9 Å². The molecule has 0 aliphatic rings. The van der Waals surface area contributed by atoms with Crippen LogP contribution in [0.25, 0.3) is 0 Å². The summed E-state index contributed by atoms with van der Waals surface area (Å²) < 4.78 is 29.3. The molecular weight excluding hydrogens is 425 g/mol. The molecule has 2 aromatic carbocycles. The average Bonchev–Trinajstić information content (AvgIpc) is 2.68. The number of nitro groups is 1. The Morgan fingerprint density at radius 3 is 2.41 bits per heavy atom. The molecule has 0 aromatic heterocycles. The predicted octanol–water partition coefficient (Wildman–Crippen LogP) is 4.64. The molecule has 0 atom stereocenters. The standard InChI is InChI=1S/C21H24FN3O7/c1-21(2,3)32-19(26)23-11-4-12-30-18-13-14(22)5-10-17(18)24-20(27)31-16-8-6-15(7-9-16)25(28)29/h5-10,13H,4,11-12H2,1-3H3,(H,23,26)(H,24,27). The Hall–Kier alpha value is -3.89. The monoisotopic (exact) mass is 449 g/mol. The van der Waals surface area contributed by atoms with E-state index in [2.05, 4.69) is 10.6 Å². The minimum Gasteiger partial charge on any atom is -0.491 e. The molecule has 0 unspecified atom stereocenters. The van der Waals surface area contributed by atoms with Gasteiger partial charge in [-0.1, -0.05) is 0 Å². The lowest BCUT2D eigenvalue weighted by Gasteiger charge is -2.19. The number of amides is 2. The van der Waals surface area contributed by atoms with Gasteiger partial charge < -0.3 is 19.5 Å². The van der Waals surface area contributed by atoms with Crippen molar-refractivity contribution in [2.45, 2.75) is 32.8 Å². The van der Waals surface area contributed by atoms with E-state index in [-0.39, 0.29) is 36.0 Å². The van der Waals surface area contributed by atoms with E-state index in [9.17, 15) is 24.1 Å². The molecule has 11 heteroatoms. The van der Waals surface area contributed by atoms with Gasteiger partial charge in [0.05, 0.1) is 17.2 Å². The number of hydrogen-bond acceptors (Lipinski definition) is 7. The van der Waals surface area contributed by atoms with Gasteiger partial charge in [-0.3, -0.25) is 15.4 Å². The molecule has 0 radical (unpaired) electrons. The highest BCUT2D eigenvalue weighted by Gasteiger charge is 2.16. The summed E-state index contributed by atoms with van der Waals surface area (Å²) in [6.45, 7) is 5.66. The Balaban J connectivity index is 1.87. The van der Waals surface area contributed by atoms with Crippen molar-refractivity contribution in [2.24, 2.45) is 0 Å². The molecule has 0 saturated carbocycles. The number of nitrogens with one attached hydrogen (secondary N) is 2. The molecule has 2 N–H and O–H groups in total. The van der Waals surface area contributed by atoms with Crippen molar-refractivity contribution in [2.75, 3.05) is 18.5 Å². The number of nitrogens with zero attached hydrogens (tertiary/aromatic N) is 1. The van der Waals surface area contributed by atoms with Crippen molar-refractivity contribution in [3.05, 3.63) is 58.4 Å². The highest BCUT2D eigenvalue weighted by atomic mass is 19.1. The van der Waals surface area contributed by atoms with E-state index >= 15 is 0 Å². The summed E-state index contributed by atoms with van der Waals surface area (Å²) in [6.07, 6.45) is -1.04. The fourth-order valence-electron chi connectivity index (χ4n) is 2.36. The van der Waals surface area contributed by atoms with E-state index in [1.807, 2.05) is 0 Å². The molecule has 0 saturated heterocycles. The largest absolute Gasteiger partial charge is 0.491 e. The fraction of sp³-hybridized carbons (Fsp3) is 0.333. The SMILES string of the molecule is CC(C)(C)OC(=O)NCCCOc1cc(F)ccc1NC(=O)Oc1ccc([N+](=O)[O-])cc1. The summed E-state index contributed by atoms with van der Waals surface area (Å²) in [7, 11) is 0. The maximum atomic E-state index is 13.6. The summed E-state index contributed by atoms with van der Waals surface area (Å²) in [4.78, 5) is 33.8. The van der Waals surface area contributed by atoms with Crippen LogP contribution >= 0.6 is 0 Å². The van der Waals surface area contributed by atoms with Crippen LogP contribution in [-0.4, -0.2) is 35.9 Å². The van der Waals surface area contributed by atoms with E-state index in [0.29, 0.717) is 6.42 Å². The smallest absolute Gasteiger partial charge is 0.417 e. The number of ether oxygens (including phenoxy) is 3. The Labute approximate surface area is 183 Å². The molecule has 0 aliphatic heterocycles. The van der Waals surface area contributed by atoms with Gasteiger partial charge in [0.2, 0.25) is 0 Å². The lowest BCUT2D eigenvalue weighted by molar-refractivity contribution is -0.384. The summed E-state index contributed by atoms with van der Waals surface area (Å²) in [5.74, 6) is -0.407. The van der Waals surface area contributed by atoms with Gasteiger partial charge in [0, 0.05) is 24.7 Å². The van der Waals surface area contributed by atoms with Crippen LogP contribution in [0.3, 0.4) is 0 Å². The van der Waals surface area contributed by atoms with Gasteiger partial charge in [-0.25, -0.2) is 14.0 Å². The lowest BCUT2D eigenvalue weighted by atomic mass is 10.2. The number of rotatable bonds is 8. The molecular formula is C21H24FN3O7. The molecule has 0 heterocycles. The second-order valence-corrected chi connectivity index (χ2v) is 7.54.